The fourth-order valence-corrected chi connectivity index (χ4v) is 2.59. The summed E-state index contributed by atoms with van der Waals surface area (Å²) in [6.45, 7) is 5.83. The Labute approximate surface area is 80.7 Å². The monoisotopic (exact) mass is 183 g/mol. The molecule has 0 aromatic carbocycles. The van der Waals surface area contributed by atoms with Gasteiger partial charge in [-0.3, -0.25) is 0 Å². The first-order valence-corrected chi connectivity index (χ1v) is 5.34. The van der Waals surface area contributed by atoms with E-state index in [4.69, 9.17) is 4.74 Å². The van der Waals surface area contributed by atoms with Crippen molar-refractivity contribution in [2.24, 2.45) is 5.92 Å². The van der Waals surface area contributed by atoms with E-state index in [1.165, 1.54) is 25.7 Å². The summed E-state index contributed by atoms with van der Waals surface area (Å²) in [6.07, 6.45) is 6.84. The van der Waals surface area contributed by atoms with E-state index in [1.807, 2.05) is 0 Å². The van der Waals surface area contributed by atoms with Crippen molar-refractivity contribution in [1.29, 1.82) is 0 Å². The fraction of sp³-hybridized carbons (Fsp3) is 0.909. The largest absolute Gasteiger partial charge is 0.450 e. The third kappa shape index (κ3) is 2.04. The third-order valence-corrected chi connectivity index (χ3v) is 3.54. The molecular formula is C11H19O2. The van der Waals surface area contributed by atoms with Crippen molar-refractivity contribution in [3.05, 3.63) is 0 Å². The van der Waals surface area contributed by atoms with Crippen molar-refractivity contribution >= 4 is 6.47 Å². The van der Waals surface area contributed by atoms with Gasteiger partial charge >= 0.3 is 6.47 Å². The zero-order valence-electron chi connectivity index (χ0n) is 8.64. The van der Waals surface area contributed by atoms with E-state index in [-0.39, 0.29) is 5.60 Å². The second-order valence-corrected chi connectivity index (χ2v) is 3.94. The highest BCUT2D eigenvalue weighted by Crippen LogP contribution is 2.40. The fourth-order valence-electron chi connectivity index (χ4n) is 2.59. The molecule has 0 unspecified atom stereocenters. The Bertz CT molecular complexity index is 155. The number of carbonyl (C=O) groups excluding carboxylic acids is 1. The summed E-state index contributed by atoms with van der Waals surface area (Å²) in [7, 11) is 0. The Morgan fingerprint density at radius 3 is 2.23 bits per heavy atom. The molecule has 0 aromatic heterocycles. The molecule has 1 aliphatic rings. The number of hydrogen-bond donors (Lipinski definition) is 0. The molecule has 1 fully saturated rings. The van der Waals surface area contributed by atoms with Crippen molar-refractivity contribution in [1.82, 2.24) is 0 Å². The van der Waals surface area contributed by atoms with Gasteiger partial charge in [0.25, 0.3) is 0 Å². The highest BCUT2D eigenvalue weighted by molar-refractivity contribution is 5.39. The molecule has 0 saturated heterocycles. The molecule has 13 heavy (non-hydrogen) atoms. The van der Waals surface area contributed by atoms with Crippen LogP contribution in [0.1, 0.15) is 52.4 Å². The molecule has 1 radical (unpaired) electrons. The maximum Gasteiger partial charge on any atom is 0.418 e. The summed E-state index contributed by atoms with van der Waals surface area (Å²) in [6, 6.07) is 0. The molecule has 0 amide bonds. The van der Waals surface area contributed by atoms with Gasteiger partial charge in [-0.1, -0.05) is 26.7 Å². The molecule has 75 valence electrons. The summed E-state index contributed by atoms with van der Waals surface area (Å²) in [5.74, 6) is 0.573. The van der Waals surface area contributed by atoms with Gasteiger partial charge in [-0.25, -0.2) is 4.79 Å². The first-order valence-electron chi connectivity index (χ1n) is 5.34. The first-order chi connectivity index (χ1) is 6.29. The van der Waals surface area contributed by atoms with E-state index in [0.29, 0.717) is 5.92 Å². The van der Waals surface area contributed by atoms with Gasteiger partial charge in [-0.15, -0.1) is 0 Å². The van der Waals surface area contributed by atoms with Gasteiger partial charge in [0.2, 0.25) is 0 Å². The van der Waals surface area contributed by atoms with Crippen LogP contribution in [0.2, 0.25) is 0 Å². The summed E-state index contributed by atoms with van der Waals surface area (Å²) in [5, 5.41) is 0. The predicted molar refractivity (Wildman–Crippen MR) is 52.0 cm³/mol. The van der Waals surface area contributed by atoms with Crippen LogP contribution in [-0.2, 0) is 9.53 Å². The molecule has 0 N–H and O–H groups in total. The van der Waals surface area contributed by atoms with E-state index < -0.39 is 0 Å². The molecule has 0 atom stereocenters. The minimum Gasteiger partial charge on any atom is -0.450 e. The maximum absolute atomic E-state index is 10.3. The quantitative estimate of drug-likeness (QED) is 0.655. The van der Waals surface area contributed by atoms with Gasteiger partial charge in [-0.05, 0) is 31.6 Å². The van der Waals surface area contributed by atoms with E-state index in [0.717, 1.165) is 12.8 Å². The molecule has 0 aromatic rings. The van der Waals surface area contributed by atoms with Crippen LogP contribution in [0.4, 0.5) is 0 Å². The molecule has 2 nitrogen and oxygen atoms in total. The molecule has 2 heteroatoms. The molecule has 1 saturated carbocycles. The second kappa shape index (κ2) is 4.64. The molecular weight excluding hydrogens is 164 g/mol. The standard InChI is InChI=1S/C11H19O2/c1-3-11(4-2,13-9-12)10-7-5-6-8-10/h10H,3-8H2,1-2H3. The Morgan fingerprint density at radius 1 is 1.31 bits per heavy atom. The van der Waals surface area contributed by atoms with Crippen LogP contribution in [0.3, 0.4) is 0 Å². The summed E-state index contributed by atoms with van der Waals surface area (Å²) in [4.78, 5) is 10.3. The van der Waals surface area contributed by atoms with Gasteiger partial charge in [0, 0.05) is 0 Å². The van der Waals surface area contributed by atoms with Crippen LogP contribution in [0.15, 0.2) is 0 Å². The van der Waals surface area contributed by atoms with Crippen LogP contribution < -0.4 is 0 Å². The van der Waals surface area contributed by atoms with Crippen LogP contribution in [0.25, 0.3) is 0 Å². The van der Waals surface area contributed by atoms with Gasteiger partial charge < -0.3 is 4.74 Å². The summed E-state index contributed by atoms with van der Waals surface area (Å²) < 4.78 is 5.21. The Balaban J connectivity index is 2.67. The zero-order valence-corrected chi connectivity index (χ0v) is 8.64. The zero-order chi connectivity index (χ0) is 9.73. The van der Waals surface area contributed by atoms with E-state index in [2.05, 4.69) is 13.8 Å². The van der Waals surface area contributed by atoms with Crippen molar-refractivity contribution in [2.75, 3.05) is 0 Å². The van der Waals surface area contributed by atoms with Gasteiger partial charge in [0.05, 0.1) is 0 Å². The lowest BCUT2D eigenvalue weighted by molar-refractivity contribution is -0.0118. The lowest BCUT2D eigenvalue weighted by atomic mass is 9.81. The smallest absolute Gasteiger partial charge is 0.418 e. The number of ether oxygens (including phenoxy) is 1. The predicted octanol–water partition coefficient (Wildman–Crippen LogP) is 2.82. The number of hydrogen-bond acceptors (Lipinski definition) is 2. The summed E-state index contributed by atoms with van der Waals surface area (Å²) in [5.41, 5.74) is -0.210. The van der Waals surface area contributed by atoms with Crippen LogP contribution in [0.5, 0.6) is 0 Å². The van der Waals surface area contributed by atoms with Gasteiger partial charge in [0.1, 0.15) is 5.60 Å². The molecule has 1 aliphatic carbocycles. The molecule has 0 bridgehead atoms. The minimum atomic E-state index is -0.210. The van der Waals surface area contributed by atoms with E-state index in [1.54, 1.807) is 6.47 Å². The van der Waals surface area contributed by atoms with Crippen molar-refractivity contribution in [3.63, 3.8) is 0 Å². The van der Waals surface area contributed by atoms with Crippen LogP contribution in [-0.4, -0.2) is 12.1 Å². The Morgan fingerprint density at radius 2 is 1.85 bits per heavy atom. The minimum absolute atomic E-state index is 0.210. The average Bonchev–Trinajstić information content (AvgIpc) is 2.68. The first kappa shape index (κ1) is 10.6. The third-order valence-electron chi connectivity index (χ3n) is 3.54. The Hall–Kier alpha value is -0.530. The van der Waals surface area contributed by atoms with E-state index in [9.17, 15) is 4.79 Å². The van der Waals surface area contributed by atoms with Crippen molar-refractivity contribution in [2.45, 2.75) is 58.0 Å². The number of rotatable bonds is 5. The molecule has 1 rings (SSSR count). The molecule has 0 aliphatic heterocycles. The van der Waals surface area contributed by atoms with Crippen molar-refractivity contribution < 1.29 is 9.53 Å². The lowest BCUT2D eigenvalue weighted by Gasteiger charge is -2.35. The van der Waals surface area contributed by atoms with Crippen LogP contribution >= 0.6 is 0 Å². The topological polar surface area (TPSA) is 26.3 Å². The Kier molecular flexibility index (Phi) is 3.76. The van der Waals surface area contributed by atoms with Crippen molar-refractivity contribution in [3.8, 4) is 0 Å². The van der Waals surface area contributed by atoms with Gasteiger partial charge in [0.15, 0.2) is 0 Å². The molecule has 0 heterocycles. The molecule has 0 spiro atoms. The highest BCUT2D eigenvalue weighted by Gasteiger charge is 2.39. The van der Waals surface area contributed by atoms with Crippen LogP contribution in [0, 0.1) is 5.92 Å². The maximum atomic E-state index is 10.3. The second-order valence-electron chi connectivity index (χ2n) is 3.94. The summed E-state index contributed by atoms with van der Waals surface area (Å²) >= 11 is 0. The van der Waals surface area contributed by atoms with Gasteiger partial charge in [-0.2, -0.15) is 0 Å². The van der Waals surface area contributed by atoms with E-state index >= 15 is 0 Å². The lowest BCUT2D eigenvalue weighted by Crippen LogP contribution is -2.38. The average molecular weight is 183 g/mol. The normalized spacial score (nSPS) is 18.9. The highest BCUT2D eigenvalue weighted by atomic mass is 16.5. The SMILES string of the molecule is CCC(CC)(O[C]=O)C1CCCC1.